The van der Waals surface area contributed by atoms with Crippen LogP contribution in [0.15, 0.2) is 47.6 Å². The van der Waals surface area contributed by atoms with Crippen molar-refractivity contribution in [2.45, 2.75) is 25.3 Å². The van der Waals surface area contributed by atoms with Crippen molar-refractivity contribution in [3.05, 3.63) is 64.8 Å². The number of aryl methyl sites for hydroxylation is 2. The van der Waals surface area contributed by atoms with Gasteiger partial charge in [0, 0.05) is 23.9 Å². The summed E-state index contributed by atoms with van der Waals surface area (Å²) in [5.41, 5.74) is 9.73. The topological polar surface area (TPSA) is 128 Å². The van der Waals surface area contributed by atoms with Crippen LogP contribution in [-0.4, -0.2) is 21.6 Å². The van der Waals surface area contributed by atoms with Gasteiger partial charge in [0.1, 0.15) is 34.4 Å². The van der Waals surface area contributed by atoms with Crippen LogP contribution in [0.4, 0.5) is 11.6 Å². The van der Waals surface area contributed by atoms with E-state index in [4.69, 9.17) is 5.73 Å². The van der Waals surface area contributed by atoms with Crippen molar-refractivity contribution < 1.29 is 4.79 Å². The lowest BCUT2D eigenvalue weighted by molar-refractivity contribution is -0.115. The maximum atomic E-state index is 12.2. The summed E-state index contributed by atoms with van der Waals surface area (Å²) >= 11 is 1.25. The van der Waals surface area contributed by atoms with E-state index in [-0.39, 0.29) is 29.3 Å². The molecule has 31 heavy (non-hydrogen) atoms. The van der Waals surface area contributed by atoms with E-state index in [1.807, 2.05) is 44.2 Å². The minimum absolute atomic E-state index is 0.0629. The third kappa shape index (κ3) is 5.19. The molecular weight excluding hydrogens is 408 g/mol. The Balaban J connectivity index is 1.80. The Morgan fingerprint density at radius 3 is 2.35 bits per heavy atom. The van der Waals surface area contributed by atoms with Crippen LogP contribution in [0.25, 0.3) is 11.1 Å². The number of nitriles is 2. The number of aromatic nitrogens is 2. The van der Waals surface area contributed by atoms with Crippen molar-refractivity contribution in [2.75, 3.05) is 16.8 Å². The highest BCUT2D eigenvalue weighted by atomic mass is 32.2. The lowest BCUT2D eigenvalue weighted by atomic mass is 9.96. The minimum atomic E-state index is -0.192. The fraction of sp³-hybridized carbons (Fsp3) is 0.174. The molecule has 3 aromatic rings. The molecule has 2 heterocycles. The monoisotopic (exact) mass is 428 g/mol. The average molecular weight is 429 g/mol. The zero-order valence-electron chi connectivity index (χ0n) is 17.1. The van der Waals surface area contributed by atoms with Crippen LogP contribution in [0.1, 0.15) is 28.7 Å². The second-order valence-electron chi connectivity index (χ2n) is 6.88. The number of carbonyl (C=O) groups is 1. The number of nitrogens with zero attached hydrogens (tertiary/aromatic N) is 4. The Labute approximate surface area is 184 Å². The Hall–Kier alpha value is -3.88. The number of benzene rings is 1. The number of pyridine rings is 2. The van der Waals surface area contributed by atoms with Gasteiger partial charge in [-0.3, -0.25) is 4.79 Å². The second-order valence-corrected chi connectivity index (χ2v) is 7.97. The molecule has 2 aromatic heterocycles. The Morgan fingerprint density at radius 1 is 1.06 bits per heavy atom. The third-order valence-corrected chi connectivity index (χ3v) is 5.48. The summed E-state index contributed by atoms with van der Waals surface area (Å²) in [5.74, 6) is 0.745. The van der Waals surface area contributed by atoms with Crippen molar-refractivity contribution >= 4 is 29.3 Å². The Bertz CT molecular complexity index is 1190. The average Bonchev–Trinajstić information content (AvgIpc) is 2.75. The molecule has 0 fully saturated rings. The summed E-state index contributed by atoms with van der Waals surface area (Å²) in [7, 11) is 0. The van der Waals surface area contributed by atoms with Gasteiger partial charge in [-0.1, -0.05) is 35.9 Å². The first-order chi connectivity index (χ1) is 14.9. The van der Waals surface area contributed by atoms with Crippen LogP contribution < -0.4 is 11.1 Å². The van der Waals surface area contributed by atoms with E-state index in [9.17, 15) is 15.3 Å². The fourth-order valence-corrected chi connectivity index (χ4v) is 3.83. The molecule has 0 saturated carbocycles. The van der Waals surface area contributed by atoms with Crippen molar-refractivity contribution in [1.29, 1.82) is 10.5 Å². The second kappa shape index (κ2) is 9.75. The zero-order valence-corrected chi connectivity index (χ0v) is 18.0. The molecule has 3 N–H and O–H groups in total. The van der Waals surface area contributed by atoms with Gasteiger partial charge in [0.2, 0.25) is 5.91 Å². The molecule has 1 aromatic carbocycles. The van der Waals surface area contributed by atoms with Gasteiger partial charge in [-0.05, 0) is 31.0 Å². The summed E-state index contributed by atoms with van der Waals surface area (Å²) in [5, 5.41) is 22.5. The quantitative estimate of drug-likeness (QED) is 0.563. The molecular formula is C23H20N6OS. The van der Waals surface area contributed by atoms with Crippen molar-refractivity contribution in [2.24, 2.45) is 0 Å². The van der Waals surface area contributed by atoms with E-state index >= 15 is 0 Å². The van der Waals surface area contributed by atoms with E-state index in [2.05, 4.69) is 27.4 Å². The SMILES string of the molecule is Cc1ccc(-c2c(C#N)c(N)nc(SCCC(=O)Nc3ccc(C)cn3)c2C#N)cc1. The predicted octanol–water partition coefficient (Wildman–Crippen LogP) is 4.21. The smallest absolute Gasteiger partial charge is 0.226 e. The molecule has 0 spiro atoms. The maximum Gasteiger partial charge on any atom is 0.226 e. The Morgan fingerprint density at radius 2 is 1.74 bits per heavy atom. The van der Waals surface area contributed by atoms with E-state index in [0.717, 1.165) is 16.7 Å². The van der Waals surface area contributed by atoms with E-state index < -0.39 is 0 Å². The number of hydrogen-bond acceptors (Lipinski definition) is 7. The zero-order chi connectivity index (χ0) is 22.4. The summed E-state index contributed by atoms with van der Waals surface area (Å²) in [6.07, 6.45) is 1.88. The normalized spacial score (nSPS) is 10.2. The van der Waals surface area contributed by atoms with Gasteiger partial charge >= 0.3 is 0 Å². The number of nitrogens with one attached hydrogen (secondary N) is 1. The molecule has 0 saturated heterocycles. The number of rotatable bonds is 6. The number of hydrogen-bond donors (Lipinski definition) is 2. The summed E-state index contributed by atoms with van der Waals surface area (Å²) in [6.45, 7) is 3.88. The van der Waals surface area contributed by atoms with Gasteiger partial charge in [-0.15, -0.1) is 11.8 Å². The molecule has 0 atom stereocenters. The molecule has 0 aliphatic heterocycles. The van der Waals surface area contributed by atoms with Gasteiger partial charge in [0.25, 0.3) is 0 Å². The van der Waals surface area contributed by atoms with Crippen molar-refractivity contribution in [1.82, 2.24) is 9.97 Å². The highest BCUT2D eigenvalue weighted by Gasteiger charge is 2.20. The Kier molecular flexibility index (Phi) is 6.86. The summed E-state index contributed by atoms with van der Waals surface area (Å²) in [6, 6.07) is 15.3. The molecule has 0 bridgehead atoms. The number of thioether (sulfide) groups is 1. The highest BCUT2D eigenvalue weighted by Crippen LogP contribution is 2.35. The first-order valence-corrected chi connectivity index (χ1v) is 10.5. The lowest BCUT2D eigenvalue weighted by Crippen LogP contribution is -2.13. The number of amides is 1. The fourth-order valence-electron chi connectivity index (χ4n) is 2.90. The summed E-state index contributed by atoms with van der Waals surface area (Å²) < 4.78 is 0. The first-order valence-electron chi connectivity index (χ1n) is 9.49. The molecule has 0 radical (unpaired) electrons. The standard InChI is InChI=1S/C23H20N6OS/c1-14-3-6-16(7-4-14)21-17(11-24)22(26)29-23(18(21)12-25)31-10-9-20(30)28-19-8-5-15(2)13-27-19/h3-8,13H,9-10H2,1-2H3,(H2,26,29)(H,27,28,30). The maximum absolute atomic E-state index is 12.2. The summed E-state index contributed by atoms with van der Waals surface area (Å²) in [4.78, 5) is 20.6. The molecule has 0 aliphatic rings. The van der Waals surface area contributed by atoms with Crippen LogP contribution in [0.5, 0.6) is 0 Å². The molecule has 8 heteroatoms. The number of anilines is 2. The van der Waals surface area contributed by atoms with Crippen LogP contribution in [0.2, 0.25) is 0 Å². The van der Waals surface area contributed by atoms with Crippen molar-refractivity contribution in [3.8, 4) is 23.3 Å². The van der Waals surface area contributed by atoms with Crippen molar-refractivity contribution in [3.63, 3.8) is 0 Å². The van der Waals surface area contributed by atoms with E-state index in [1.165, 1.54) is 11.8 Å². The van der Waals surface area contributed by atoms with Gasteiger partial charge in [0.15, 0.2) is 0 Å². The minimum Gasteiger partial charge on any atom is -0.383 e. The van der Waals surface area contributed by atoms with Gasteiger partial charge in [0.05, 0.1) is 5.56 Å². The highest BCUT2D eigenvalue weighted by molar-refractivity contribution is 7.99. The van der Waals surface area contributed by atoms with Gasteiger partial charge in [-0.25, -0.2) is 9.97 Å². The molecule has 7 nitrogen and oxygen atoms in total. The van der Waals surface area contributed by atoms with Crippen LogP contribution in [0.3, 0.4) is 0 Å². The molecule has 0 aliphatic carbocycles. The molecule has 3 rings (SSSR count). The first kappa shape index (κ1) is 21.8. The number of nitrogen functional groups attached to an aromatic ring is 1. The van der Waals surface area contributed by atoms with Gasteiger partial charge < -0.3 is 11.1 Å². The number of carbonyl (C=O) groups excluding carboxylic acids is 1. The van der Waals surface area contributed by atoms with Crippen LogP contribution in [-0.2, 0) is 4.79 Å². The lowest BCUT2D eigenvalue weighted by Gasteiger charge is -2.13. The van der Waals surface area contributed by atoms with Crippen LogP contribution >= 0.6 is 11.8 Å². The molecule has 154 valence electrons. The molecule has 0 unspecified atom stereocenters. The predicted molar refractivity (Wildman–Crippen MR) is 121 cm³/mol. The third-order valence-electron chi connectivity index (χ3n) is 4.50. The largest absolute Gasteiger partial charge is 0.383 e. The number of nitrogens with two attached hydrogens (primary N) is 1. The van der Waals surface area contributed by atoms with Crippen LogP contribution in [0, 0.1) is 36.5 Å². The molecule has 1 amide bonds. The van der Waals surface area contributed by atoms with E-state index in [0.29, 0.717) is 22.2 Å². The van der Waals surface area contributed by atoms with Gasteiger partial charge in [-0.2, -0.15) is 10.5 Å². The van der Waals surface area contributed by atoms with E-state index in [1.54, 1.807) is 12.3 Å².